The third-order valence-electron chi connectivity index (χ3n) is 4.47. The summed E-state index contributed by atoms with van der Waals surface area (Å²) in [5, 5.41) is 20.2. The number of anilines is 2. The summed E-state index contributed by atoms with van der Waals surface area (Å²) in [6, 6.07) is 25.5. The molecule has 0 aromatic heterocycles. The molecule has 0 saturated carbocycles. The van der Waals surface area contributed by atoms with Crippen molar-refractivity contribution >= 4 is 57.0 Å². The van der Waals surface area contributed by atoms with Crippen molar-refractivity contribution in [2.75, 3.05) is 30.3 Å². The second-order valence-electron chi connectivity index (χ2n) is 7.01. The zero-order valence-electron chi connectivity index (χ0n) is 17.5. The van der Waals surface area contributed by atoms with Crippen LogP contribution in [0.4, 0.5) is 11.4 Å². The Balaban J connectivity index is 0.00000363. The number of hydrogen-bond donors (Lipinski definition) is 4. The first kappa shape index (κ1) is 26.1. The second kappa shape index (κ2) is 14.1. The number of rotatable bonds is 10. The van der Waals surface area contributed by atoms with E-state index in [0.717, 1.165) is 34.6 Å². The Morgan fingerprint density at radius 3 is 2.12 bits per heavy atom. The summed E-state index contributed by atoms with van der Waals surface area (Å²) in [5.74, 6) is 0.766. The van der Waals surface area contributed by atoms with Crippen molar-refractivity contribution in [2.24, 2.45) is 0 Å². The van der Waals surface area contributed by atoms with Crippen molar-refractivity contribution in [1.29, 1.82) is 0 Å². The maximum atomic E-state index is 10.0. The standard InChI is InChI=1S/C24H26BrN3O2S.ClH/c25-19-8-12-21(13-9-19)28-24(31)27-20-10-6-18(7-11-20)14-15-26-16-22(29)17-30-23-4-2-1-3-5-23;/h1-13,22,26,29H,14-17H2,(H2,27,28,31);1H/t22-;/m0./s1. The van der Waals surface area contributed by atoms with Crippen LogP contribution in [-0.2, 0) is 6.42 Å². The van der Waals surface area contributed by atoms with Crippen LogP contribution in [0.15, 0.2) is 83.3 Å². The molecule has 0 radical (unpaired) electrons. The summed E-state index contributed by atoms with van der Waals surface area (Å²) in [6.07, 6.45) is 0.319. The first-order valence-corrected chi connectivity index (χ1v) is 11.3. The molecule has 3 rings (SSSR count). The van der Waals surface area contributed by atoms with E-state index in [0.29, 0.717) is 11.7 Å². The van der Waals surface area contributed by atoms with Gasteiger partial charge in [-0.25, -0.2) is 0 Å². The Labute approximate surface area is 209 Å². The van der Waals surface area contributed by atoms with Gasteiger partial charge in [0.15, 0.2) is 5.11 Å². The van der Waals surface area contributed by atoms with E-state index in [-0.39, 0.29) is 19.0 Å². The lowest BCUT2D eigenvalue weighted by Gasteiger charge is -2.13. The fourth-order valence-electron chi connectivity index (χ4n) is 2.85. The fraction of sp³-hybridized carbons (Fsp3) is 0.208. The summed E-state index contributed by atoms with van der Waals surface area (Å²) < 4.78 is 6.58. The second-order valence-corrected chi connectivity index (χ2v) is 8.34. The van der Waals surface area contributed by atoms with Gasteiger partial charge < -0.3 is 25.8 Å². The van der Waals surface area contributed by atoms with Crippen LogP contribution >= 0.6 is 40.6 Å². The minimum absolute atomic E-state index is 0. The van der Waals surface area contributed by atoms with Gasteiger partial charge >= 0.3 is 0 Å². The smallest absolute Gasteiger partial charge is 0.175 e. The molecule has 170 valence electrons. The molecule has 1 atom stereocenters. The maximum Gasteiger partial charge on any atom is 0.175 e. The number of ether oxygens (including phenoxy) is 1. The van der Waals surface area contributed by atoms with Crippen LogP contribution in [-0.4, -0.2) is 36.0 Å². The molecule has 0 aliphatic carbocycles. The molecule has 0 spiro atoms. The zero-order chi connectivity index (χ0) is 21.9. The Morgan fingerprint density at radius 1 is 0.906 bits per heavy atom. The molecule has 0 bridgehead atoms. The number of hydrogen-bond acceptors (Lipinski definition) is 4. The van der Waals surface area contributed by atoms with Crippen molar-refractivity contribution in [3.8, 4) is 5.75 Å². The van der Waals surface area contributed by atoms with Gasteiger partial charge in [-0.1, -0.05) is 46.3 Å². The van der Waals surface area contributed by atoms with Gasteiger partial charge in [0.05, 0.1) is 0 Å². The largest absolute Gasteiger partial charge is 0.491 e. The quantitative estimate of drug-likeness (QED) is 0.210. The van der Waals surface area contributed by atoms with Gasteiger partial charge in [0.1, 0.15) is 18.5 Å². The average molecular weight is 537 g/mol. The molecule has 0 amide bonds. The van der Waals surface area contributed by atoms with Crippen molar-refractivity contribution in [2.45, 2.75) is 12.5 Å². The van der Waals surface area contributed by atoms with Crippen molar-refractivity contribution in [1.82, 2.24) is 5.32 Å². The molecular weight excluding hydrogens is 510 g/mol. The number of thiocarbonyl (C=S) groups is 1. The summed E-state index contributed by atoms with van der Waals surface area (Å²) in [4.78, 5) is 0. The first-order valence-electron chi connectivity index (χ1n) is 10.1. The Morgan fingerprint density at radius 2 is 1.50 bits per heavy atom. The Bertz CT molecular complexity index is 944. The monoisotopic (exact) mass is 535 g/mol. The number of para-hydroxylation sites is 1. The minimum Gasteiger partial charge on any atom is -0.491 e. The minimum atomic E-state index is -0.550. The van der Waals surface area contributed by atoms with Gasteiger partial charge in [-0.3, -0.25) is 0 Å². The summed E-state index contributed by atoms with van der Waals surface area (Å²) in [5.41, 5.74) is 3.07. The predicted octanol–water partition coefficient (Wildman–Crippen LogP) is 5.25. The van der Waals surface area contributed by atoms with Crippen LogP contribution in [0.5, 0.6) is 5.75 Å². The van der Waals surface area contributed by atoms with E-state index in [2.05, 4.69) is 44.0 Å². The summed E-state index contributed by atoms with van der Waals surface area (Å²) >= 11 is 8.79. The van der Waals surface area contributed by atoms with Gasteiger partial charge in [0, 0.05) is 22.4 Å². The molecule has 0 aliphatic rings. The Hall–Kier alpha value is -2.16. The predicted molar refractivity (Wildman–Crippen MR) is 142 cm³/mol. The molecule has 5 nitrogen and oxygen atoms in total. The molecule has 3 aromatic carbocycles. The molecule has 0 unspecified atom stereocenters. The van der Waals surface area contributed by atoms with Crippen LogP contribution in [0.2, 0.25) is 0 Å². The molecule has 32 heavy (non-hydrogen) atoms. The number of aliphatic hydroxyl groups is 1. The normalized spacial score (nSPS) is 11.2. The van der Waals surface area contributed by atoms with Crippen molar-refractivity contribution in [3.63, 3.8) is 0 Å². The zero-order valence-corrected chi connectivity index (χ0v) is 20.7. The number of nitrogens with one attached hydrogen (secondary N) is 3. The van der Waals surface area contributed by atoms with E-state index in [9.17, 15) is 5.11 Å². The van der Waals surface area contributed by atoms with E-state index in [1.807, 2.05) is 66.7 Å². The third kappa shape index (κ3) is 9.54. The topological polar surface area (TPSA) is 65.5 Å². The molecule has 0 saturated heterocycles. The van der Waals surface area contributed by atoms with Gasteiger partial charge in [-0.05, 0) is 79.3 Å². The molecule has 3 aromatic rings. The van der Waals surface area contributed by atoms with Gasteiger partial charge in [-0.15, -0.1) is 12.4 Å². The van der Waals surface area contributed by atoms with E-state index in [1.165, 1.54) is 5.56 Å². The molecule has 0 fully saturated rings. The lowest BCUT2D eigenvalue weighted by atomic mass is 10.1. The summed E-state index contributed by atoms with van der Waals surface area (Å²) in [6.45, 7) is 1.53. The third-order valence-corrected chi connectivity index (χ3v) is 5.20. The van der Waals surface area contributed by atoms with E-state index in [4.69, 9.17) is 17.0 Å². The molecule has 4 N–H and O–H groups in total. The van der Waals surface area contributed by atoms with E-state index >= 15 is 0 Å². The highest BCUT2D eigenvalue weighted by Gasteiger charge is 2.05. The molecule has 0 heterocycles. The Kier molecular flexibility index (Phi) is 11.5. The highest BCUT2D eigenvalue weighted by atomic mass is 79.9. The fourth-order valence-corrected chi connectivity index (χ4v) is 3.35. The van der Waals surface area contributed by atoms with Gasteiger partial charge in [0.2, 0.25) is 0 Å². The van der Waals surface area contributed by atoms with Crippen LogP contribution in [0.1, 0.15) is 5.56 Å². The SMILES string of the molecule is Cl.O[C@@H](CNCCc1ccc(NC(=S)Nc2ccc(Br)cc2)cc1)COc1ccccc1. The van der Waals surface area contributed by atoms with Crippen LogP contribution in [0.3, 0.4) is 0 Å². The highest BCUT2D eigenvalue weighted by Crippen LogP contribution is 2.15. The van der Waals surface area contributed by atoms with Crippen molar-refractivity contribution in [3.05, 3.63) is 88.9 Å². The molecule has 8 heteroatoms. The van der Waals surface area contributed by atoms with Crippen molar-refractivity contribution < 1.29 is 9.84 Å². The van der Waals surface area contributed by atoms with Crippen LogP contribution < -0.4 is 20.7 Å². The molecule has 0 aliphatic heterocycles. The van der Waals surface area contributed by atoms with Gasteiger partial charge in [0.25, 0.3) is 0 Å². The summed E-state index contributed by atoms with van der Waals surface area (Å²) in [7, 11) is 0. The van der Waals surface area contributed by atoms with E-state index < -0.39 is 6.10 Å². The maximum absolute atomic E-state index is 10.0. The van der Waals surface area contributed by atoms with Crippen LogP contribution in [0.25, 0.3) is 0 Å². The average Bonchev–Trinajstić information content (AvgIpc) is 2.78. The lowest BCUT2D eigenvalue weighted by Crippen LogP contribution is -2.32. The number of benzene rings is 3. The highest BCUT2D eigenvalue weighted by molar-refractivity contribution is 9.10. The van der Waals surface area contributed by atoms with Gasteiger partial charge in [-0.2, -0.15) is 0 Å². The lowest BCUT2D eigenvalue weighted by molar-refractivity contribution is 0.106. The molecular formula is C24H27BrClN3O2S. The first-order chi connectivity index (χ1) is 15.1. The van der Waals surface area contributed by atoms with Crippen LogP contribution in [0, 0.1) is 0 Å². The number of aliphatic hydroxyl groups excluding tert-OH is 1. The van der Waals surface area contributed by atoms with E-state index in [1.54, 1.807) is 0 Å². The number of halogens is 2.